The van der Waals surface area contributed by atoms with Crippen molar-refractivity contribution in [3.63, 3.8) is 0 Å². The molecule has 0 unspecified atom stereocenters. The number of esters is 4. The van der Waals surface area contributed by atoms with Crippen LogP contribution >= 0.6 is 0 Å². The van der Waals surface area contributed by atoms with E-state index in [1.165, 1.54) is 6.92 Å². The Balaban J connectivity index is 5.09. The van der Waals surface area contributed by atoms with Crippen LogP contribution in [-0.2, 0) is 42.9 Å². The van der Waals surface area contributed by atoms with Gasteiger partial charge in [-0.2, -0.15) is 0 Å². The van der Waals surface area contributed by atoms with Crippen molar-refractivity contribution < 1.29 is 48.0 Å². The fourth-order valence-electron chi connectivity index (χ4n) is 1.56. The molecule has 0 amide bonds. The van der Waals surface area contributed by atoms with Crippen molar-refractivity contribution in [2.75, 3.05) is 6.61 Å². The lowest BCUT2D eigenvalue weighted by Crippen LogP contribution is -2.47. The first-order chi connectivity index (χ1) is 11.6. The number of hydrogen-bond acceptors (Lipinski definition) is 9. The molecule has 0 aliphatic rings. The van der Waals surface area contributed by atoms with E-state index in [1.54, 1.807) is 0 Å². The summed E-state index contributed by atoms with van der Waals surface area (Å²) in [6, 6.07) is 0. The van der Waals surface area contributed by atoms with Gasteiger partial charge in [0.05, 0.1) is 6.61 Å². The van der Waals surface area contributed by atoms with Crippen LogP contribution in [0.4, 0.5) is 0 Å². The van der Waals surface area contributed by atoms with Gasteiger partial charge in [-0.15, -0.1) is 0 Å². The molecule has 0 aromatic rings. The van der Waals surface area contributed by atoms with E-state index in [9.17, 15) is 24.0 Å². The maximum absolute atomic E-state index is 12.1. The van der Waals surface area contributed by atoms with E-state index in [-0.39, 0.29) is 6.61 Å². The number of ether oxygens (including phenoxy) is 4. The topological polar surface area (TPSA) is 142 Å². The van der Waals surface area contributed by atoms with Crippen LogP contribution in [0.3, 0.4) is 0 Å². The lowest BCUT2D eigenvalue weighted by molar-refractivity contribution is -0.192. The molecule has 0 aliphatic heterocycles. The van der Waals surface area contributed by atoms with Gasteiger partial charge in [0.15, 0.2) is 6.10 Å². The van der Waals surface area contributed by atoms with Gasteiger partial charge in [0, 0.05) is 13.8 Å². The lowest BCUT2D eigenvalue weighted by Gasteiger charge is -2.23. The molecule has 0 aliphatic carbocycles. The van der Waals surface area contributed by atoms with Crippen molar-refractivity contribution in [1.29, 1.82) is 0 Å². The average molecular weight is 362 g/mol. The molecule has 0 bridgehead atoms. The van der Waals surface area contributed by atoms with E-state index in [1.807, 2.05) is 6.92 Å². The second kappa shape index (κ2) is 11.0. The van der Waals surface area contributed by atoms with Gasteiger partial charge in [-0.1, -0.05) is 13.3 Å². The monoisotopic (exact) mass is 362 g/mol. The summed E-state index contributed by atoms with van der Waals surface area (Å²) < 4.78 is 18.7. The first kappa shape index (κ1) is 22.4. The minimum absolute atomic E-state index is 0.135. The summed E-state index contributed by atoms with van der Waals surface area (Å²) in [5, 5.41) is 9.07. The molecule has 0 saturated heterocycles. The minimum Gasteiger partial charge on any atom is -0.478 e. The van der Waals surface area contributed by atoms with E-state index in [4.69, 9.17) is 14.6 Å². The second-order valence-electron chi connectivity index (χ2n) is 5.00. The summed E-state index contributed by atoms with van der Waals surface area (Å²) in [5.74, 6) is -5.94. The van der Waals surface area contributed by atoms with Crippen LogP contribution < -0.4 is 0 Å². The number of unbranched alkanes of at least 4 members (excludes halogenated alkanes) is 1. The molecule has 0 saturated carbocycles. The van der Waals surface area contributed by atoms with Crippen molar-refractivity contribution in [3.05, 3.63) is 0 Å². The van der Waals surface area contributed by atoms with Gasteiger partial charge >= 0.3 is 29.8 Å². The van der Waals surface area contributed by atoms with Crippen LogP contribution in [0, 0.1) is 0 Å². The van der Waals surface area contributed by atoms with Crippen LogP contribution in [0.1, 0.15) is 40.5 Å². The molecule has 0 aromatic heterocycles. The van der Waals surface area contributed by atoms with Crippen LogP contribution in [0.5, 0.6) is 0 Å². The average Bonchev–Trinajstić information content (AvgIpc) is 2.49. The number of carboxylic acid groups (broad SMARTS) is 1. The summed E-state index contributed by atoms with van der Waals surface area (Å²) in [7, 11) is 0. The summed E-state index contributed by atoms with van der Waals surface area (Å²) in [4.78, 5) is 57.1. The van der Waals surface area contributed by atoms with Gasteiger partial charge in [0.1, 0.15) is 0 Å². The van der Waals surface area contributed by atoms with Gasteiger partial charge in [0.2, 0.25) is 12.2 Å². The highest BCUT2D eigenvalue weighted by atomic mass is 16.6. The van der Waals surface area contributed by atoms with E-state index in [0.717, 1.165) is 20.3 Å². The molecule has 0 radical (unpaired) electrons. The Kier molecular flexibility index (Phi) is 9.83. The van der Waals surface area contributed by atoms with Crippen LogP contribution in [0.2, 0.25) is 0 Å². The zero-order chi connectivity index (χ0) is 19.6. The van der Waals surface area contributed by atoms with Crippen molar-refractivity contribution in [3.8, 4) is 0 Å². The third-order valence-corrected chi connectivity index (χ3v) is 2.70. The standard InChI is InChI=1S/C15H22O10/c1-5-6-7-22-14(20)8(2)23-15(21)12(25-10(4)17)11(13(18)19)24-9(3)16/h8,11-12H,5-7H2,1-4H3,(H,18,19)/t8-,11+,12+/m0/s1. The molecule has 142 valence electrons. The highest BCUT2D eigenvalue weighted by molar-refractivity contribution is 5.89. The maximum Gasteiger partial charge on any atom is 0.352 e. The molecule has 0 heterocycles. The Labute approximate surface area is 144 Å². The van der Waals surface area contributed by atoms with Crippen molar-refractivity contribution in [2.24, 2.45) is 0 Å². The number of aliphatic carboxylic acids is 1. The quantitative estimate of drug-likeness (QED) is 0.325. The lowest BCUT2D eigenvalue weighted by atomic mass is 10.2. The highest BCUT2D eigenvalue weighted by Gasteiger charge is 2.41. The van der Waals surface area contributed by atoms with Crippen molar-refractivity contribution in [2.45, 2.75) is 58.8 Å². The molecule has 3 atom stereocenters. The van der Waals surface area contributed by atoms with E-state index >= 15 is 0 Å². The first-order valence-electron chi connectivity index (χ1n) is 7.54. The van der Waals surface area contributed by atoms with Crippen molar-refractivity contribution in [1.82, 2.24) is 0 Å². The highest BCUT2D eigenvalue weighted by Crippen LogP contribution is 2.11. The molecule has 25 heavy (non-hydrogen) atoms. The number of hydrogen-bond donors (Lipinski definition) is 1. The Morgan fingerprint density at radius 3 is 1.84 bits per heavy atom. The smallest absolute Gasteiger partial charge is 0.352 e. The van der Waals surface area contributed by atoms with E-state index in [0.29, 0.717) is 6.42 Å². The fourth-order valence-corrected chi connectivity index (χ4v) is 1.56. The fraction of sp³-hybridized carbons (Fsp3) is 0.667. The first-order valence-corrected chi connectivity index (χ1v) is 7.54. The minimum atomic E-state index is -2.11. The summed E-state index contributed by atoms with van der Waals surface area (Å²) in [6.45, 7) is 5.08. The normalized spacial score (nSPS) is 13.8. The molecule has 10 heteroatoms. The summed E-state index contributed by atoms with van der Waals surface area (Å²) in [6.07, 6.45) is -4.13. The number of rotatable bonds is 10. The predicted octanol–water partition coefficient (Wildman–Crippen LogP) is 0.209. The summed E-state index contributed by atoms with van der Waals surface area (Å²) in [5.41, 5.74) is 0. The van der Waals surface area contributed by atoms with Crippen LogP contribution in [0.15, 0.2) is 0 Å². The zero-order valence-electron chi connectivity index (χ0n) is 14.5. The number of carbonyl (C=O) groups is 5. The number of carboxylic acids is 1. The zero-order valence-corrected chi connectivity index (χ0v) is 14.5. The Hall–Kier alpha value is -2.65. The molecule has 0 fully saturated rings. The molecular formula is C15H22O10. The molecule has 10 nitrogen and oxygen atoms in total. The second-order valence-corrected chi connectivity index (χ2v) is 5.00. The third kappa shape index (κ3) is 8.68. The van der Waals surface area contributed by atoms with E-state index < -0.39 is 48.2 Å². The Morgan fingerprint density at radius 2 is 1.40 bits per heavy atom. The SMILES string of the molecule is CCCCOC(=O)[C@H](C)OC(=O)[C@H](OC(C)=O)[C@@H](OC(C)=O)C(=O)O. The van der Waals surface area contributed by atoms with Gasteiger partial charge in [-0.05, 0) is 13.3 Å². The molecule has 1 N–H and O–H groups in total. The van der Waals surface area contributed by atoms with Gasteiger partial charge in [0.25, 0.3) is 0 Å². The third-order valence-electron chi connectivity index (χ3n) is 2.70. The largest absolute Gasteiger partial charge is 0.478 e. The molecule has 0 aromatic carbocycles. The van der Waals surface area contributed by atoms with Gasteiger partial charge in [-0.3, -0.25) is 9.59 Å². The maximum atomic E-state index is 12.1. The van der Waals surface area contributed by atoms with Gasteiger partial charge in [-0.25, -0.2) is 14.4 Å². The summed E-state index contributed by atoms with van der Waals surface area (Å²) >= 11 is 0. The van der Waals surface area contributed by atoms with Crippen molar-refractivity contribution >= 4 is 29.8 Å². The van der Waals surface area contributed by atoms with Crippen LogP contribution in [0.25, 0.3) is 0 Å². The molecule has 0 spiro atoms. The Morgan fingerprint density at radius 1 is 0.880 bits per heavy atom. The Bertz CT molecular complexity index is 512. The van der Waals surface area contributed by atoms with E-state index in [2.05, 4.69) is 9.47 Å². The molecule has 0 rings (SSSR count). The predicted molar refractivity (Wildman–Crippen MR) is 80.2 cm³/mol. The molecular weight excluding hydrogens is 340 g/mol. The van der Waals surface area contributed by atoms with Crippen LogP contribution in [-0.4, -0.2) is 59.9 Å². The number of carbonyl (C=O) groups excluding carboxylic acids is 4. The van der Waals surface area contributed by atoms with Gasteiger partial charge < -0.3 is 24.1 Å².